The molecule has 1 amide bonds. The maximum Gasteiger partial charge on any atom is 0.224 e. The fourth-order valence-corrected chi connectivity index (χ4v) is 4.60. The highest BCUT2D eigenvalue weighted by molar-refractivity contribution is 6.35. The zero-order valence-electron chi connectivity index (χ0n) is 16.0. The van der Waals surface area contributed by atoms with E-state index in [0.717, 1.165) is 42.5 Å². The largest absolute Gasteiger partial charge is 0.355 e. The van der Waals surface area contributed by atoms with Gasteiger partial charge in [0.2, 0.25) is 5.91 Å². The van der Waals surface area contributed by atoms with Crippen LogP contribution in [0.15, 0.2) is 24.3 Å². The molecule has 2 aliphatic rings. The maximum absolute atomic E-state index is 12.6. The number of rotatable bonds is 4. The van der Waals surface area contributed by atoms with E-state index in [0.29, 0.717) is 29.6 Å². The number of halogens is 1. The zero-order chi connectivity index (χ0) is 19.5. The van der Waals surface area contributed by atoms with Gasteiger partial charge in [-0.3, -0.25) is 4.79 Å². The van der Waals surface area contributed by atoms with Gasteiger partial charge in [0.25, 0.3) is 0 Å². The SMILES string of the molecule is N#C[C@@H]1CCN(c2ccc3c(NC(=O)CC4CCCCC4)c(Cl)ccc3n2)C1. The molecule has 1 saturated carbocycles. The summed E-state index contributed by atoms with van der Waals surface area (Å²) < 4.78 is 0. The highest BCUT2D eigenvalue weighted by atomic mass is 35.5. The Morgan fingerprint density at radius 3 is 2.79 bits per heavy atom. The number of hydrogen-bond donors (Lipinski definition) is 1. The summed E-state index contributed by atoms with van der Waals surface area (Å²) in [7, 11) is 0. The van der Waals surface area contributed by atoms with Crippen molar-refractivity contribution in [1.29, 1.82) is 5.26 Å². The van der Waals surface area contributed by atoms with Gasteiger partial charge in [0, 0.05) is 24.9 Å². The molecule has 1 aliphatic carbocycles. The van der Waals surface area contributed by atoms with Crippen LogP contribution in [0.25, 0.3) is 10.9 Å². The molecule has 1 aromatic heterocycles. The number of fused-ring (bicyclic) bond motifs is 1. The Bertz CT molecular complexity index is 917. The molecule has 2 fully saturated rings. The molecular weight excluding hydrogens is 372 g/mol. The molecule has 1 aliphatic heterocycles. The highest BCUT2D eigenvalue weighted by Crippen LogP contribution is 2.33. The Hall–Kier alpha value is -2.32. The minimum atomic E-state index is 0.0294. The molecule has 0 bridgehead atoms. The molecule has 1 aromatic carbocycles. The number of anilines is 2. The number of aromatic nitrogens is 1. The highest BCUT2D eigenvalue weighted by Gasteiger charge is 2.24. The lowest BCUT2D eigenvalue weighted by Gasteiger charge is -2.21. The first-order valence-corrected chi connectivity index (χ1v) is 10.6. The van der Waals surface area contributed by atoms with Gasteiger partial charge < -0.3 is 10.2 Å². The summed E-state index contributed by atoms with van der Waals surface area (Å²) in [5.41, 5.74) is 1.45. The van der Waals surface area contributed by atoms with E-state index in [1.165, 1.54) is 19.3 Å². The third-order valence-electron chi connectivity index (χ3n) is 5.96. The Balaban J connectivity index is 1.54. The molecule has 4 rings (SSSR count). The number of benzene rings is 1. The van der Waals surface area contributed by atoms with E-state index in [2.05, 4.69) is 16.3 Å². The van der Waals surface area contributed by atoms with E-state index in [4.69, 9.17) is 21.8 Å². The minimum absolute atomic E-state index is 0.0294. The number of carbonyl (C=O) groups excluding carboxylic acids is 1. The van der Waals surface area contributed by atoms with Gasteiger partial charge in [0.05, 0.1) is 28.2 Å². The lowest BCUT2D eigenvalue weighted by Crippen LogP contribution is -2.20. The van der Waals surface area contributed by atoms with Gasteiger partial charge in [0.15, 0.2) is 0 Å². The smallest absolute Gasteiger partial charge is 0.224 e. The number of pyridine rings is 1. The van der Waals surface area contributed by atoms with Crippen LogP contribution in [0.4, 0.5) is 11.5 Å². The zero-order valence-corrected chi connectivity index (χ0v) is 16.7. The topological polar surface area (TPSA) is 69.0 Å². The van der Waals surface area contributed by atoms with E-state index < -0.39 is 0 Å². The van der Waals surface area contributed by atoms with Gasteiger partial charge in [0.1, 0.15) is 5.82 Å². The average Bonchev–Trinajstić information content (AvgIpc) is 3.20. The lowest BCUT2D eigenvalue weighted by atomic mass is 9.87. The molecule has 0 radical (unpaired) electrons. The second kappa shape index (κ2) is 8.36. The van der Waals surface area contributed by atoms with Crippen molar-refractivity contribution in [1.82, 2.24) is 4.98 Å². The minimum Gasteiger partial charge on any atom is -0.355 e. The van der Waals surface area contributed by atoms with E-state index in [9.17, 15) is 4.79 Å². The molecule has 28 heavy (non-hydrogen) atoms. The first-order valence-electron chi connectivity index (χ1n) is 10.2. The van der Waals surface area contributed by atoms with Gasteiger partial charge in [-0.15, -0.1) is 0 Å². The standard InChI is InChI=1S/C22H25ClN4O/c23-18-7-8-19-17(6-9-20(25-19)27-11-10-16(13-24)14-27)22(18)26-21(28)12-15-4-2-1-3-5-15/h6-9,15-16H,1-5,10-12,14H2,(H,26,28)/t16-/m0/s1. The molecule has 146 valence electrons. The van der Waals surface area contributed by atoms with E-state index >= 15 is 0 Å². The van der Waals surface area contributed by atoms with Crippen LogP contribution >= 0.6 is 11.6 Å². The normalized spacial score (nSPS) is 20.3. The molecular formula is C22H25ClN4O. The first-order chi connectivity index (χ1) is 13.6. The van der Waals surface area contributed by atoms with Gasteiger partial charge in [-0.1, -0.05) is 30.9 Å². The van der Waals surface area contributed by atoms with Crippen LogP contribution in [-0.2, 0) is 4.79 Å². The van der Waals surface area contributed by atoms with Crippen molar-refractivity contribution in [2.75, 3.05) is 23.3 Å². The van der Waals surface area contributed by atoms with Crippen molar-refractivity contribution in [3.05, 3.63) is 29.3 Å². The van der Waals surface area contributed by atoms with Crippen molar-refractivity contribution >= 4 is 39.9 Å². The van der Waals surface area contributed by atoms with Crippen LogP contribution in [-0.4, -0.2) is 24.0 Å². The lowest BCUT2D eigenvalue weighted by molar-refractivity contribution is -0.117. The van der Waals surface area contributed by atoms with Crippen LogP contribution in [0.5, 0.6) is 0 Å². The summed E-state index contributed by atoms with van der Waals surface area (Å²) in [6.07, 6.45) is 7.45. The number of nitrogens with zero attached hydrogens (tertiary/aromatic N) is 3. The molecule has 5 nitrogen and oxygen atoms in total. The number of hydrogen-bond acceptors (Lipinski definition) is 4. The van der Waals surface area contributed by atoms with Crippen molar-refractivity contribution in [2.45, 2.75) is 44.9 Å². The summed E-state index contributed by atoms with van der Waals surface area (Å²) >= 11 is 6.41. The predicted molar refractivity (Wildman–Crippen MR) is 113 cm³/mol. The van der Waals surface area contributed by atoms with Crippen molar-refractivity contribution in [2.24, 2.45) is 11.8 Å². The molecule has 1 N–H and O–H groups in total. The van der Waals surface area contributed by atoms with Crippen molar-refractivity contribution in [3.63, 3.8) is 0 Å². The molecule has 6 heteroatoms. The van der Waals surface area contributed by atoms with Gasteiger partial charge >= 0.3 is 0 Å². The van der Waals surface area contributed by atoms with Gasteiger partial charge in [-0.05, 0) is 49.4 Å². The Kier molecular flexibility index (Phi) is 5.68. The molecule has 2 aromatic rings. The monoisotopic (exact) mass is 396 g/mol. The number of nitrogens with one attached hydrogen (secondary N) is 1. The molecule has 1 saturated heterocycles. The fourth-order valence-electron chi connectivity index (χ4n) is 4.39. The maximum atomic E-state index is 12.6. The molecule has 0 spiro atoms. The van der Waals surface area contributed by atoms with Crippen LogP contribution in [0, 0.1) is 23.2 Å². The van der Waals surface area contributed by atoms with Crippen LogP contribution in [0.1, 0.15) is 44.9 Å². The van der Waals surface area contributed by atoms with E-state index in [1.807, 2.05) is 18.2 Å². The first kappa shape index (κ1) is 19.0. The van der Waals surface area contributed by atoms with Crippen LogP contribution < -0.4 is 10.2 Å². The quantitative estimate of drug-likeness (QED) is 0.776. The molecule has 2 heterocycles. The average molecular weight is 397 g/mol. The summed E-state index contributed by atoms with van der Waals surface area (Å²) in [6, 6.07) is 9.94. The number of nitriles is 1. The Morgan fingerprint density at radius 1 is 1.21 bits per heavy atom. The molecule has 1 atom stereocenters. The van der Waals surface area contributed by atoms with E-state index in [1.54, 1.807) is 6.07 Å². The van der Waals surface area contributed by atoms with Crippen LogP contribution in [0.3, 0.4) is 0 Å². The number of carbonyl (C=O) groups is 1. The summed E-state index contributed by atoms with van der Waals surface area (Å²) in [6.45, 7) is 1.56. The summed E-state index contributed by atoms with van der Waals surface area (Å²) in [5.74, 6) is 1.45. The fraction of sp³-hybridized carbons (Fsp3) is 0.500. The Labute approximate surface area is 170 Å². The van der Waals surface area contributed by atoms with Crippen molar-refractivity contribution in [3.8, 4) is 6.07 Å². The van der Waals surface area contributed by atoms with Crippen LogP contribution in [0.2, 0.25) is 5.02 Å². The molecule has 0 unspecified atom stereocenters. The predicted octanol–water partition coefficient (Wildman–Crippen LogP) is 5.15. The van der Waals surface area contributed by atoms with Gasteiger partial charge in [-0.2, -0.15) is 5.26 Å². The summed E-state index contributed by atoms with van der Waals surface area (Å²) in [4.78, 5) is 19.5. The second-order valence-corrected chi connectivity index (χ2v) is 8.38. The third kappa shape index (κ3) is 4.07. The van der Waals surface area contributed by atoms with Crippen molar-refractivity contribution < 1.29 is 4.79 Å². The van der Waals surface area contributed by atoms with E-state index in [-0.39, 0.29) is 11.8 Å². The summed E-state index contributed by atoms with van der Waals surface area (Å²) in [5, 5.41) is 13.5. The third-order valence-corrected chi connectivity index (χ3v) is 6.28. The number of amides is 1. The second-order valence-electron chi connectivity index (χ2n) is 7.98. The Morgan fingerprint density at radius 2 is 2.04 bits per heavy atom. The van der Waals surface area contributed by atoms with Gasteiger partial charge in [-0.25, -0.2) is 4.98 Å².